The lowest BCUT2D eigenvalue weighted by atomic mass is 10.0. The minimum Gasteiger partial charge on any atom is -0.479 e. The SMILES string of the molecule is CCOc1ncc(Cn2nc(C(=O)N[C@H](Cc3ccccc3)[C@@H](O)C(=O)O)cc2C2CC2)cn1. The number of hydrogen-bond acceptors (Lipinski definition) is 7. The van der Waals surface area contributed by atoms with Crippen LogP contribution in [0.25, 0.3) is 0 Å². The van der Waals surface area contributed by atoms with Gasteiger partial charge in [0.2, 0.25) is 0 Å². The number of aliphatic hydroxyl groups is 1. The zero-order valence-electron chi connectivity index (χ0n) is 18.8. The average molecular weight is 466 g/mol. The first-order valence-electron chi connectivity index (χ1n) is 11.2. The lowest BCUT2D eigenvalue weighted by Crippen LogP contribution is -2.48. The Morgan fingerprint density at radius 3 is 2.50 bits per heavy atom. The van der Waals surface area contributed by atoms with E-state index in [0.717, 1.165) is 29.7 Å². The molecule has 1 amide bonds. The van der Waals surface area contributed by atoms with Gasteiger partial charge < -0.3 is 20.3 Å². The molecule has 3 N–H and O–H groups in total. The molecular weight excluding hydrogens is 438 g/mol. The number of amides is 1. The number of hydrogen-bond donors (Lipinski definition) is 3. The molecule has 10 nitrogen and oxygen atoms in total. The number of aromatic nitrogens is 4. The van der Waals surface area contributed by atoms with E-state index in [0.29, 0.717) is 25.1 Å². The van der Waals surface area contributed by atoms with Gasteiger partial charge in [-0.1, -0.05) is 30.3 Å². The molecule has 178 valence electrons. The van der Waals surface area contributed by atoms with Crippen LogP contribution in [0.5, 0.6) is 6.01 Å². The highest BCUT2D eigenvalue weighted by molar-refractivity contribution is 5.93. The summed E-state index contributed by atoms with van der Waals surface area (Å²) >= 11 is 0. The molecule has 1 aromatic carbocycles. The molecule has 1 fully saturated rings. The van der Waals surface area contributed by atoms with Crippen molar-refractivity contribution in [2.24, 2.45) is 0 Å². The Morgan fingerprint density at radius 2 is 1.88 bits per heavy atom. The van der Waals surface area contributed by atoms with Gasteiger partial charge in [0.1, 0.15) is 5.69 Å². The van der Waals surface area contributed by atoms with Crippen LogP contribution >= 0.6 is 0 Å². The van der Waals surface area contributed by atoms with Gasteiger partial charge in [0.15, 0.2) is 6.10 Å². The molecule has 4 rings (SSSR count). The maximum Gasteiger partial charge on any atom is 0.334 e. The average Bonchev–Trinajstić information content (AvgIpc) is 3.60. The predicted octanol–water partition coefficient (Wildman–Crippen LogP) is 1.78. The number of aliphatic hydroxyl groups excluding tert-OH is 1. The van der Waals surface area contributed by atoms with Crippen molar-refractivity contribution < 1.29 is 24.5 Å². The minimum absolute atomic E-state index is 0.166. The highest BCUT2D eigenvalue weighted by Crippen LogP contribution is 2.40. The number of benzene rings is 1. The third kappa shape index (κ3) is 5.76. The summed E-state index contributed by atoms with van der Waals surface area (Å²) in [4.78, 5) is 32.8. The number of nitrogens with zero attached hydrogens (tertiary/aromatic N) is 4. The molecule has 3 aromatic rings. The molecule has 2 aromatic heterocycles. The molecule has 1 saturated carbocycles. The van der Waals surface area contributed by atoms with E-state index >= 15 is 0 Å². The third-order valence-electron chi connectivity index (χ3n) is 5.58. The fraction of sp³-hybridized carbons (Fsp3) is 0.375. The Morgan fingerprint density at radius 1 is 1.18 bits per heavy atom. The van der Waals surface area contributed by atoms with Gasteiger partial charge in [0.25, 0.3) is 5.91 Å². The first-order chi connectivity index (χ1) is 16.4. The fourth-order valence-corrected chi connectivity index (χ4v) is 3.70. The van der Waals surface area contributed by atoms with E-state index in [1.54, 1.807) is 23.1 Å². The molecular formula is C24H27N5O5. The van der Waals surface area contributed by atoms with Crippen LogP contribution in [0, 0.1) is 0 Å². The Balaban J connectivity index is 1.52. The Labute approximate surface area is 196 Å². The van der Waals surface area contributed by atoms with Crippen molar-refractivity contribution in [2.75, 3.05) is 6.61 Å². The number of carboxylic acid groups (broad SMARTS) is 1. The summed E-state index contributed by atoms with van der Waals surface area (Å²) in [6.45, 7) is 2.72. The van der Waals surface area contributed by atoms with Gasteiger partial charge in [-0.3, -0.25) is 9.48 Å². The molecule has 34 heavy (non-hydrogen) atoms. The minimum atomic E-state index is -1.75. The van der Waals surface area contributed by atoms with Crippen LogP contribution in [-0.2, 0) is 17.8 Å². The quantitative estimate of drug-likeness (QED) is 0.389. The molecule has 1 aliphatic rings. The van der Waals surface area contributed by atoms with Crippen LogP contribution in [0.3, 0.4) is 0 Å². The number of rotatable bonds is 11. The molecule has 0 aliphatic heterocycles. The van der Waals surface area contributed by atoms with E-state index in [1.807, 2.05) is 37.3 Å². The summed E-state index contributed by atoms with van der Waals surface area (Å²) in [5.74, 6) is -1.62. The van der Waals surface area contributed by atoms with E-state index in [2.05, 4.69) is 20.4 Å². The second kappa shape index (κ2) is 10.4. The van der Waals surface area contributed by atoms with Crippen molar-refractivity contribution in [2.45, 2.75) is 50.8 Å². The van der Waals surface area contributed by atoms with Crippen LogP contribution in [0.4, 0.5) is 0 Å². The molecule has 1 aliphatic carbocycles. The van der Waals surface area contributed by atoms with Gasteiger partial charge in [0, 0.05) is 29.6 Å². The van der Waals surface area contributed by atoms with E-state index in [1.165, 1.54) is 0 Å². The monoisotopic (exact) mass is 465 g/mol. The van der Waals surface area contributed by atoms with Crippen LogP contribution in [0.2, 0.25) is 0 Å². The molecule has 0 radical (unpaired) electrons. The van der Waals surface area contributed by atoms with Crippen LogP contribution in [0.1, 0.15) is 53.0 Å². The molecule has 2 atom stereocenters. The molecule has 10 heteroatoms. The topological polar surface area (TPSA) is 139 Å². The number of carbonyl (C=O) groups excluding carboxylic acids is 1. The first-order valence-corrected chi connectivity index (χ1v) is 11.2. The maximum atomic E-state index is 13.0. The van der Waals surface area contributed by atoms with Crippen molar-refractivity contribution in [1.29, 1.82) is 0 Å². The fourth-order valence-electron chi connectivity index (χ4n) is 3.70. The van der Waals surface area contributed by atoms with Crippen molar-refractivity contribution >= 4 is 11.9 Å². The zero-order valence-corrected chi connectivity index (χ0v) is 18.8. The van der Waals surface area contributed by atoms with Crippen molar-refractivity contribution in [1.82, 2.24) is 25.1 Å². The summed E-state index contributed by atoms with van der Waals surface area (Å²) in [6.07, 6.45) is 3.77. The number of carbonyl (C=O) groups is 2. The summed E-state index contributed by atoms with van der Waals surface area (Å²) in [5.41, 5.74) is 2.71. The number of carboxylic acids is 1. The molecule has 0 saturated heterocycles. The van der Waals surface area contributed by atoms with Crippen LogP contribution in [-0.4, -0.2) is 60.6 Å². The number of nitrogens with one attached hydrogen (secondary N) is 1. The van der Waals surface area contributed by atoms with Gasteiger partial charge in [0.05, 0.1) is 19.2 Å². The van der Waals surface area contributed by atoms with Crippen LogP contribution < -0.4 is 10.1 Å². The van der Waals surface area contributed by atoms with Gasteiger partial charge >= 0.3 is 12.0 Å². The second-order valence-electron chi connectivity index (χ2n) is 8.25. The number of aliphatic carboxylic acids is 1. The van der Waals surface area contributed by atoms with Gasteiger partial charge in [-0.15, -0.1) is 0 Å². The predicted molar refractivity (Wildman–Crippen MR) is 122 cm³/mol. The Bertz CT molecular complexity index is 1130. The van der Waals surface area contributed by atoms with Gasteiger partial charge in [-0.25, -0.2) is 14.8 Å². The van der Waals surface area contributed by atoms with E-state index < -0.39 is 24.0 Å². The first kappa shape index (κ1) is 23.4. The van der Waals surface area contributed by atoms with E-state index in [9.17, 15) is 19.8 Å². The van der Waals surface area contributed by atoms with E-state index in [4.69, 9.17) is 4.74 Å². The van der Waals surface area contributed by atoms with Crippen molar-refractivity contribution in [3.63, 3.8) is 0 Å². The summed E-state index contributed by atoms with van der Waals surface area (Å²) < 4.78 is 7.03. The molecule has 2 heterocycles. The second-order valence-corrected chi connectivity index (χ2v) is 8.25. The maximum absolute atomic E-state index is 13.0. The van der Waals surface area contributed by atoms with Gasteiger partial charge in [-0.05, 0) is 37.8 Å². The molecule has 0 bridgehead atoms. The summed E-state index contributed by atoms with van der Waals surface area (Å²) in [5, 5.41) is 26.7. The van der Waals surface area contributed by atoms with Crippen molar-refractivity contribution in [3.05, 3.63) is 71.3 Å². The third-order valence-corrected chi connectivity index (χ3v) is 5.58. The molecule has 0 spiro atoms. The number of ether oxygens (including phenoxy) is 1. The lowest BCUT2D eigenvalue weighted by molar-refractivity contribution is -0.148. The Hall–Kier alpha value is -3.79. The summed E-state index contributed by atoms with van der Waals surface area (Å²) in [7, 11) is 0. The highest BCUT2D eigenvalue weighted by atomic mass is 16.5. The van der Waals surface area contributed by atoms with Crippen LogP contribution in [0.15, 0.2) is 48.8 Å². The van der Waals surface area contributed by atoms with Gasteiger partial charge in [-0.2, -0.15) is 5.10 Å². The lowest BCUT2D eigenvalue weighted by Gasteiger charge is -2.21. The molecule has 0 unspecified atom stereocenters. The standard InChI is InChI=1S/C24H27N5O5/c1-2-34-24-25-12-16(13-26-24)14-29-20(17-8-9-17)11-19(28-29)22(31)27-18(21(30)23(32)33)10-15-6-4-3-5-7-15/h3-7,11-13,17-18,21,30H,2,8-10,14H2,1H3,(H,27,31)(H,32,33)/t18-,21-/m1/s1. The normalized spacial score (nSPS) is 14.9. The largest absolute Gasteiger partial charge is 0.479 e. The zero-order chi connectivity index (χ0) is 24.1. The van der Waals surface area contributed by atoms with E-state index in [-0.39, 0.29) is 12.1 Å². The Kier molecular flexibility index (Phi) is 7.17. The highest BCUT2D eigenvalue weighted by Gasteiger charge is 2.32. The van der Waals surface area contributed by atoms with Crippen molar-refractivity contribution in [3.8, 4) is 6.01 Å². The summed E-state index contributed by atoms with van der Waals surface area (Å²) in [6, 6.07) is 10.1. The smallest absolute Gasteiger partial charge is 0.334 e.